The van der Waals surface area contributed by atoms with Gasteiger partial charge in [-0.2, -0.15) is 18.4 Å². The van der Waals surface area contributed by atoms with Gasteiger partial charge in [0.2, 0.25) is 0 Å². The largest absolute Gasteiger partial charge is 0.489 e. The minimum absolute atomic E-state index is 0.00772. The molecule has 0 saturated heterocycles. The molecule has 9 heteroatoms. The molecule has 1 atom stereocenters. The van der Waals surface area contributed by atoms with E-state index < -0.39 is 17.7 Å². The fraction of sp³-hybridized carbons (Fsp3) is 0.250. The zero-order chi connectivity index (χ0) is 29.5. The van der Waals surface area contributed by atoms with Crippen molar-refractivity contribution in [1.29, 1.82) is 5.26 Å². The molecule has 1 heterocycles. The summed E-state index contributed by atoms with van der Waals surface area (Å²) in [6.45, 7) is 3.91. The number of anilines is 1. The van der Waals surface area contributed by atoms with Crippen LogP contribution in [0.25, 0.3) is 0 Å². The second-order valence-electron chi connectivity index (χ2n) is 10.2. The summed E-state index contributed by atoms with van der Waals surface area (Å²) in [5, 5.41) is 10.3. The lowest BCUT2D eigenvalue weighted by Gasteiger charge is -2.40. The third-order valence-corrected chi connectivity index (χ3v) is 7.61. The molecule has 2 N–H and O–H groups in total. The highest BCUT2D eigenvalue weighted by molar-refractivity contribution is 6.01. The van der Waals surface area contributed by atoms with Crippen molar-refractivity contribution in [3.8, 4) is 11.8 Å². The number of hydrogen-bond donors (Lipinski definition) is 1. The number of halogens is 4. The molecule has 5 nitrogen and oxygen atoms in total. The zero-order valence-electron chi connectivity index (χ0n) is 22.5. The molecule has 0 bridgehead atoms. The molecule has 0 radical (unpaired) electrons. The van der Waals surface area contributed by atoms with Crippen molar-refractivity contribution in [2.24, 2.45) is 5.73 Å². The van der Waals surface area contributed by atoms with Crippen LogP contribution < -0.4 is 15.4 Å². The van der Waals surface area contributed by atoms with Crippen LogP contribution in [0.3, 0.4) is 0 Å². The van der Waals surface area contributed by atoms with Gasteiger partial charge in [-0.3, -0.25) is 9.69 Å². The van der Waals surface area contributed by atoms with E-state index >= 15 is 0 Å². The molecule has 41 heavy (non-hydrogen) atoms. The molecule has 1 aliphatic carbocycles. The molecule has 0 saturated carbocycles. The van der Waals surface area contributed by atoms with E-state index in [2.05, 4.69) is 6.07 Å². The second kappa shape index (κ2) is 10.8. The highest BCUT2D eigenvalue weighted by Gasteiger charge is 2.43. The van der Waals surface area contributed by atoms with Gasteiger partial charge in [0, 0.05) is 17.7 Å². The standard InChI is InChI=1S/C32H27F4N3O2/c1-18-14-19(2)23(15-20(18)17-41-22-12-10-21(33)11-13-22)29-24(16-37)31(38)39(27-8-5-9-28(40)30(27)29)26-7-4-3-6-25(26)32(34,35)36/h3-4,6-7,10-15,29H,5,8-9,17,38H2,1-2H3. The van der Waals surface area contributed by atoms with E-state index in [1.54, 1.807) is 0 Å². The van der Waals surface area contributed by atoms with E-state index in [1.165, 1.54) is 47.4 Å². The number of nitrogens with two attached hydrogens (primary N) is 1. The number of Topliss-reactive ketones (excluding diaryl/α,β-unsaturated/α-hetero) is 1. The minimum Gasteiger partial charge on any atom is -0.489 e. The molecule has 0 spiro atoms. The van der Waals surface area contributed by atoms with Gasteiger partial charge in [-0.25, -0.2) is 4.39 Å². The van der Waals surface area contributed by atoms with Gasteiger partial charge in [0.1, 0.15) is 24.0 Å². The Kier molecular flexibility index (Phi) is 7.35. The Morgan fingerprint density at radius 1 is 1.05 bits per heavy atom. The summed E-state index contributed by atoms with van der Waals surface area (Å²) in [6.07, 6.45) is -3.68. The van der Waals surface area contributed by atoms with Crippen LogP contribution in [0.4, 0.5) is 23.2 Å². The summed E-state index contributed by atoms with van der Waals surface area (Å²) in [6, 6.07) is 16.5. The highest BCUT2D eigenvalue weighted by Crippen LogP contribution is 2.49. The summed E-state index contributed by atoms with van der Waals surface area (Å²) in [4.78, 5) is 14.7. The molecule has 1 aliphatic heterocycles. The Morgan fingerprint density at radius 3 is 2.44 bits per heavy atom. The summed E-state index contributed by atoms with van der Waals surface area (Å²) in [7, 11) is 0. The van der Waals surface area contributed by atoms with E-state index in [0.717, 1.165) is 22.8 Å². The van der Waals surface area contributed by atoms with Crippen LogP contribution in [-0.2, 0) is 17.6 Å². The van der Waals surface area contributed by atoms with Crippen LogP contribution in [0, 0.1) is 31.0 Å². The number of carbonyl (C=O) groups is 1. The van der Waals surface area contributed by atoms with Crippen molar-refractivity contribution < 1.29 is 27.1 Å². The first-order chi connectivity index (χ1) is 19.5. The Hall–Kier alpha value is -4.58. The molecular formula is C32H27F4N3O2. The van der Waals surface area contributed by atoms with E-state index in [-0.39, 0.29) is 47.3 Å². The Bertz CT molecular complexity index is 1630. The zero-order valence-corrected chi connectivity index (χ0v) is 22.5. The number of rotatable bonds is 5. The maximum Gasteiger partial charge on any atom is 0.418 e. The first-order valence-electron chi connectivity index (χ1n) is 13.1. The first kappa shape index (κ1) is 28.0. The Morgan fingerprint density at radius 2 is 1.76 bits per heavy atom. The normalized spacial score (nSPS) is 17.4. The molecule has 210 valence electrons. The maximum atomic E-state index is 14.0. The molecule has 0 amide bonds. The number of benzene rings is 3. The number of aryl methyl sites for hydroxylation is 2. The average Bonchev–Trinajstić information content (AvgIpc) is 2.93. The monoisotopic (exact) mass is 561 g/mol. The van der Waals surface area contributed by atoms with Crippen molar-refractivity contribution in [2.75, 3.05) is 4.90 Å². The Labute approximate surface area is 235 Å². The van der Waals surface area contributed by atoms with Gasteiger partial charge in [0.25, 0.3) is 0 Å². The topological polar surface area (TPSA) is 79.4 Å². The molecule has 3 aromatic rings. The number of carbonyl (C=O) groups excluding carboxylic acids is 1. The minimum atomic E-state index is -4.67. The lowest BCUT2D eigenvalue weighted by molar-refractivity contribution is -0.137. The van der Waals surface area contributed by atoms with Crippen LogP contribution in [-0.4, -0.2) is 5.78 Å². The van der Waals surface area contributed by atoms with Gasteiger partial charge in [0.05, 0.1) is 28.8 Å². The number of ketones is 1. The van der Waals surface area contributed by atoms with Crippen LogP contribution in [0.5, 0.6) is 5.75 Å². The van der Waals surface area contributed by atoms with Crippen molar-refractivity contribution in [3.63, 3.8) is 0 Å². The molecule has 0 fully saturated rings. The van der Waals surface area contributed by atoms with Gasteiger partial charge in [0.15, 0.2) is 5.78 Å². The quantitative estimate of drug-likeness (QED) is 0.330. The van der Waals surface area contributed by atoms with Gasteiger partial charge in [-0.1, -0.05) is 24.3 Å². The predicted molar refractivity (Wildman–Crippen MR) is 146 cm³/mol. The molecule has 5 rings (SSSR count). The van der Waals surface area contributed by atoms with E-state index in [0.29, 0.717) is 29.9 Å². The van der Waals surface area contributed by atoms with Crippen LogP contribution >= 0.6 is 0 Å². The average molecular weight is 562 g/mol. The van der Waals surface area contributed by atoms with Gasteiger partial charge in [-0.05, 0) is 85.3 Å². The fourth-order valence-electron chi connectivity index (χ4n) is 5.66. The second-order valence-corrected chi connectivity index (χ2v) is 10.2. The molecular weight excluding hydrogens is 534 g/mol. The summed E-state index contributed by atoms with van der Waals surface area (Å²) < 4.78 is 61.3. The number of nitrogens with zero attached hydrogens (tertiary/aromatic N) is 2. The number of para-hydroxylation sites is 1. The molecule has 2 aliphatic rings. The predicted octanol–water partition coefficient (Wildman–Crippen LogP) is 7.35. The Balaban J connectivity index is 1.65. The number of alkyl halides is 3. The van der Waals surface area contributed by atoms with Gasteiger partial charge < -0.3 is 10.5 Å². The lowest BCUT2D eigenvalue weighted by atomic mass is 9.74. The van der Waals surface area contributed by atoms with E-state index in [1.807, 2.05) is 26.0 Å². The van der Waals surface area contributed by atoms with Crippen LogP contribution in [0.2, 0.25) is 0 Å². The van der Waals surface area contributed by atoms with Crippen molar-refractivity contribution in [3.05, 3.63) is 117 Å². The lowest BCUT2D eigenvalue weighted by Crippen LogP contribution is -2.39. The smallest absolute Gasteiger partial charge is 0.418 e. The van der Waals surface area contributed by atoms with Gasteiger partial charge in [-0.15, -0.1) is 0 Å². The van der Waals surface area contributed by atoms with Crippen LogP contribution in [0.1, 0.15) is 53.0 Å². The third kappa shape index (κ3) is 5.18. The molecule has 0 aromatic heterocycles. The van der Waals surface area contributed by atoms with Crippen LogP contribution in [0.15, 0.2) is 83.3 Å². The SMILES string of the molecule is Cc1cc(C)c(C2C(C#N)=C(N)N(c3ccccc3C(F)(F)F)C3=C2C(=O)CCC3)cc1COc1ccc(F)cc1. The third-order valence-electron chi connectivity index (χ3n) is 7.61. The fourth-order valence-corrected chi connectivity index (χ4v) is 5.66. The summed E-state index contributed by atoms with van der Waals surface area (Å²) >= 11 is 0. The summed E-state index contributed by atoms with van der Waals surface area (Å²) in [5.41, 5.74) is 9.22. The molecule has 1 unspecified atom stereocenters. The number of hydrogen-bond acceptors (Lipinski definition) is 5. The number of nitriles is 1. The van der Waals surface area contributed by atoms with Crippen molar-refractivity contribution in [1.82, 2.24) is 0 Å². The van der Waals surface area contributed by atoms with Crippen molar-refractivity contribution >= 4 is 11.5 Å². The first-order valence-corrected chi connectivity index (χ1v) is 13.1. The maximum absolute atomic E-state index is 14.0. The van der Waals surface area contributed by atoms with E-state index in [9.17, 15) is 27.6 Å². The number of allylic oxidation sites excluding steroid dienone is 3. The van der Waals surface area contributed by atoms with Gasteiger partial charge >= 0.3 is 6.18 Å². The van der Waals surface area contributed by atoms with E-state index in [4.69, 9.17) is 10.5 Å². The van der Waals surface area contributed by atoms with Crippen molar-refractivity contribution in [2.45, 2.75) is 51.8 Å². The highest BCUT2D eigenvalue weighted by atomic mass is 19.4. The number of ether oxygens (including phenoxy) is 1. The molecule has 3 aromatic carbocycles. The summed E-state index contributed by atoms with van der Waals surface area (Å²) in [5.74, 6) is -1.12.